The molecule has 0 amide bonds. The van der Waals surface area contributed by atoms with E-state index in [-0.39, 0.29) is 27.8 Å². The molecule has 1 aromatic rings. The van der Waals surface area contributed by atoms with Crippen LogP contribution in [-0.2, 0) is 14.6 Å². The van der Waals surface area contributed by atoms with Crippen LogP contribution in [0.2, 0.25) is 5.02 Å². The number of carboxylic acid groups (broad SMARTS) is 1. The summed E-state index contributed by atoms with van der Waals surface area (Å²) in [5.41, 5.74) is -0.545. The van der Waals surface area contributed by atoms with Gasteiger partial charge in [0.1, 0.15) is 0 Å². The third-order valence-electron chi connectivity index (χ3n) is 2.42. The molecule has 7 heteroatoms. The van der Waals surface area contributed by atoms with E-state index in [1.807, 2.05) is 20.8 Å². The molecule has 5 nitrogen and oxygen atoms in total. The highest BCUT2D eigenvalue weighted by atomic mass is 35.5. The minimum atomic E-state index is -3.55. The van der Waals surface area contributed by atoms with E-state index in [1.54, 1.807) is 0 Å². The van der Waals surface area contributed by atoms with Gasteiger partial charge in [-0.05, 0) is 39.0 Å². The van der Waals surface area contributed by atoms with Crippen LogP contribution in [0.5, 0.6) is 0 Å². The van der Waals surface area contributed by atoms with Crippen molar-refractivity contribution in [3.8, 4) is 0 Å². The number of carbonyl (C=O) groups is 1. The van der Waals surface area contributed by atoms with Crippen LogP contribution in [0.1, 0.15) is 31.1 Å². The average Bonchev–Trinajstić information content (AvgIpc) is 2.26. The first-order valence-electron chi connectivity index (χ1n) is 5.92. The van der Waals surface area contributed by atoms with E-state index in [0.29, 0.717) is 0 Å². The fourth-order valence-electron chi connectivity index (χ4n) is 1.44. The molecule has 0 atom stereocenters. The van der Waals surface area contributed by atoms with Crippen molar-refractivity contribution in [3.05, 3.63) is 28.8 Å². The van der Waals surface area contributed by atoms with Gasteiger partial charge < -0.3 is 9.84 Å². The number of rotatable bonds is 5. The predicted octanol–water partition coefficient (Wildman–Crippen LogP) is 2.63. The molecule has 0 aliphatic heterocycles. The highest BCUT2D eigenvalue weighted by molar-refractivity contribution is 7.91. The van der Waals surface area contributed by atoms with Gasteiger partial charge in [-0.2, -0.15) is 0 Å². The van der Waals surface area contributed by atoms with E-state index < -0.39 is 21.4 Å². The highest BCUT2D eigenvalue weighted by Gasteiger charge is 2.19. The number of sulfone groups is 1. The number of benzene rings is 1. The molecule has 0 aliphatic rings. The number of hydrogen-bond acceptors (Lipinski definition) is 4. The van der Waals surface area contributed by atoms with Gasteiger partial charge in [-0.1, -0.05) is 11.6 Å². The Balaban J connectivity index is 2.88. The zero-order valence-corrected chi connectivity index (χ0v) is 13.1. The summed E-state index contributed by atoms with van der Waals surface area (Å²) in [5.74, 6) is -1.39. The van der Waals surface area contributed by atoms with Crippen LogP contribution in [0.4, 0.5) is 0 Å². The van der Waals surface area contributed by atoms with E-state index in [4.69, 9.17) is 21.4 Å². The van der Waals surface area contributed by atoms with E-state index in [1.165, 1.54) is 12.1 Å². The van der Waals surface area contributed by atoms with E-state index >= 15 is 0 Å². The fraction of sp³-hybridized carbons (Fsp3) is 0.462. The maximum Gasteiger partial charge on any atom is 0.337 e. The largest absolute Gasteiger partial charge is 0.478 e. The van der Waals surface area contributed by atoms with Gasteiger partial charge in [-0.25, -0.2) is 13.2 Å². The minimum absolute atomic E-state index is 0.00925. The van der Waals surface area contributed by atoms with Crippen molar-refractivity contribution in [3.63, 3.8) is 0 Å². The molecule has 0 unspecified atom stereocenters. The van der Waals surface area contributed by atoms with Gasteiger partial charge in [0.25, 0.3) is 0 Å². The summed E-state index contributed by atoms with van der Waals surface area (Å²) >= 11 is 5.76. The third-order valence-corrected chi connectivity index (χ3v) is 4.41. The Labute approximate surface area is 123 Å². The highest BCUT2D eigenvalue weighted by Crippen LogP contribution is 2.22. The van der Waals surface area contributed by atoms with Crippen molar-refractivity contribution in [2.24, 2.45) is 0 Å². The molecular weight excluding hydrogens is 304 g/mol. The second-order valence-corrected chi connectivity index (χ2v) is 7.74. The van der Waals surface area contributed by atoms with Crippen molar-refractivity contribution in [1.82, 2.24) is 0 Å². The van der Waals surface area contributed by atoms with Gasteiger partial charge in [0.05, 0.1) is 33.4 Å². The van der Waals surface area contributed by atoms with Crippen molar-refractivity contribution in [2.75, 3.05) is 12.4 Å². The van der Waals surface area contributed by atoms with E-state index in [0.717, 1.165) is 6.07 Å². The van der Waals surface area contributed by atoms with Gasteiger partial charge in [-0.3, -0.25) is 0 Å². The lowest BCUT2D eigenvalue weighted by Crippen LogP contribution is -2.23. The molecule has 0 saturated heterocycles. The maximum atomic E-state index is 12.1. The quantitative estimate of drug-likeness (QED) is 0.902. The predicted molar refractivity (Wildman–Crippen MR) is 76.2 cm³/mol. The minimum Gasteiger partial charge on any atom is -0.478 e. The Hall–Kier alpha value is -1.11. The molecule has 0 aromatic heterocycles. The topological polar surface area (TPSA) is 80.7 Å². The van der Waals surface area contributed by atoms with Crippen LogP contribution in [0.15, 0.2) is 23.1 Å². The molecule has 0 heterocycles. The normalized spacial score (nSPS) is 12.4. The van der Waals surface area contributed by atoms with Crippen LogP contribution in [0.25, 0.3) is 0 Å². The van der Waals surface area contributed by atoms with Crippen molar-refractivity contribution in [1.29, 1.82) is 0 Å². The molecule has 20 heavy (non-hydrogen) atoms. The SMILES string of the molecule is CC(C)(C)OCCS(=O)(=O)c1ccc(C(=O)O)c(Cl)c1. The zero-order chi connectivity index (χ0) is 15.6. The monoisotopic (exact) mass is 320 g/mol. The van der Waals surface area contributed by atoms with Crippen molar-refractivity contribution < 1.29 is 23.1 Å². The van der Waals surface area contributed by atoms with Gasteiger partial charge in [0.2, 0.25) is 0 Å². The first kappa shape index (κ1) is 16.9. The Morgan fingerprint density at radius 3 is 2.40 bits per heavy atom. The molecule has 0 saturated carbocycles. The van der Waals surface area contributed by atoms with Crippen LogP contribution in [0.3, 0.4) is 0 Å². The Morgan fingerprint density at radius 1 is 1.35 bits per heavy atom. The number of halogens is 1. The lowest BCUT2D eigenvalue weighted by molar-refractivity contribution is 0.00643. The molecular formula is C13H17ClO5S. The molecule has 0 aliphatic carbocycles. The lowest BCUT2D eigenvalue weighted by Gasteiger charge is -2.19. The second-order valence-electron chi connectivity index (χ2n) is 5.23. The van der Waals surface area contributed by atoms with Crippen LogP contribution in [0, 0.1) is 0 Å². The Bertz CT molecular complexity index is 602. The molecule has 0 fully saturated rings. The summed E-state index contributed by atoms with van der Waals surface area (Å²) in [4.78, 5) is 10.8. The zero-order valence-electron chi connectivity index (χ0n) is 11.5. The van der Waals surface area contributed by atoms with Crippen LogP contribution < -0.4 is 0 Å². The third kappa shape index (κ3) is 4.77. The van der Waals surface area contributed by atoms with Crippen molar-refractivity contribution >= 4 is 27.4 Å². The molecule has 1 N–H and O–H groups in total. The smallest absolute Gasteiger partial charge is 0.337 e. The molecule has 1 rings (SSSR count). The first-order chi connectivity index (χ1) is 9.03. The van der Waals surface area contributed by atoms with Crippen molar-refractivity contribution in [2.45, 2.75) is 31.3 Å². The summed E-state index contributed by atoms with van der Waals surface area (Å²) in [6.45, 7) is 5.55. The number of carboxylic acids is 1. The van der Waals surface area contributed by atoms with Crippen LogP contribution >= 0.6 is 11.6 Å². The Morgan fingerprint density at radius 2 is 1.95 bits per heavy atom. The van der Waals surface area contributed by atoms with Crippen LogP contribution in [-0.4, -0.2) is 37.5 Å². The van der Waals surface area contributed by atoms with Gasteiger partial charge in [-0.15, -0.1) is 0 Å². The maximum absolute atomic E-state index is 12.1. The number of aromatic carboxylic acids is 1. The summed E-state index contributed by atoms with van der Waals surface area (Å²) in [6.07, 6.45) is 0. The lowest BCUT2D eigenvalue weighted by atomic mass is 10.2. The summed E-state index contributed by atoms with van der Waals surface area (Å²) in [6, 6.07) is 3.57. The second kappa shape index (κ2) is 6.11. The Kier molecular flexibility index (Phi) is 5.18. The van der Waals surface area contributed by atoms with E-state index in [2.05, 4.69) is 0 Å². The van der Waals surface area contributed by atoms with Gasteiger partial charge >= 0.3 is 5.97 Å². The van der Waals surface area contributed by atoms with E-state index in [9.17, 15) is 13.2 Å². The number of ether oxygens (including phenoxy) is 1. The molecule has 0 radical (unpaired) electrons. The molecule has 0 bridgehead atoms. The molecule has 0 spiro atoms. The number of hydrogen-bond donors (Lipinski definition) is 1. The fourth-order valence-corrected chi connectivity index (χ4v) is 2.88. The average molecular weight is 321 g/mol. The first-order valence-corrected chi connectivity index (χ1v) is 7.95. The standard InChI is InChI=1S/C13H17ClO5S/c1-13(2,3)19-6-7-20(17,18)9-4-5-10(12(15)16)11(14)8-9/h4-5,8H,6-7H2,1-3H3,(H,15,16). The summed E-state index contributed by atoms with van der Waals surface area (Å²) < 4.78 is 29.5. The molecule has 1 aromatic carbocycles. The summed E-state index contributed by atoms with van der Waals surface area (Å²) in [5, 5.41) is 8.73. The van der Waals surface area contributed by atoms with Gasteiger partial charge in [0, 0.05) is 0 Å². The molecule has 112 valence electrons. The van der Waals surface area contributed by atoms with Gasteiger partial charge in [0.15, 0.2) is 9.84 Å². The summed E-state index contributed by atoms with van der Waals surface area (Å²) in [7, 11) is -3.55.